The van der Waals surface area contributed by atoms with E-state index in [1.54, 1.807) is 0 Å². The van der Waals surface area contributed by atoms with E-state index in [4.69, 9.17) is 0 Å². The SMILES string of the molecule is CC(C)(C)c1cc(C(C)(C)C)c(B2c3ccccc3-c3ccccc32)c(C(C)(C)C)c1. The van der Waals surface area contributed by atoms with E-state index in [0.717, 1.165) is 0 Å². The number of hydrogen-bond acceptors (Lipinski definition) is 0. The normalized spacial score (nSPS) is 13.9. The molecule has 1 heterocycles. The van der Waals surface area contributed by atoms with E-state index in [1.165, 1.54) is 44.2 Å². The zero-order valence-electron chi connectivity index (χ0n) is 20.9. The summed E-state index contributed by atoms with van der Waals surface area (Å²) < 4.78 is 0. The third-order valence-corrected chi connectivity index (χ3v) is 6.78. The highest BCUT2D eigenvalue weighted by molar-refractivity contribution is 6.99. The van der Waals surface area contributed by atoms with Gasteiger partial charge in [-0.3, -0.25) is 0 Å². The molecule has 0 bridgehead atoms. The molecule has 0 aromatic heterocycles. The van der Waals surface area contributed by atoms with Crippen LogP contribution < -0.4 is 16.4 Å². The second kappa shape index (κ2) is 7.12. The van der Waals surface area contributed by atoms with E-state index < -0.39 is 0 Å². The lowest BCUT2D eigenvalue weighted by molar-refractivity contribution is 0.553. The molecule has 0 aliphatic carbocycles. The van der Waals surface area contributed by atoms with E-state index in [1.807, 2.05) is 0 Å². The Morgan fingerprint density at radius 3 is 1.26 bits per heavy atom. The summed E-state index contributed by atoms with van der Waals surface area (Å²) >= 11 is 0. The molecule has 0 saturated heterocycles. The quantitative estimate of drug-likeness (QED) is 0.335. The first-order chi connectivity index (χ1) is 14.3. The predicted molar refractivity (Wildman–Crippen MR) is 139 cm³/mol. The van der Waals surface area contributed by atoms with Crippen LogP contribution in [0, 0.1) is 0 Å². The van der Waals surface area contributed by atoms with Gasteiger partial charge in [0.15, 0.2) is 0 Å². The van der Waals surface area contributed by atoms with Crippen LogP contribution in [0.3, 0.4) is 0 Å². The monoisotopic (exact) mass is 408 g/mol. The summed E-state index contributed by atoms with van der Waals surface area (Å²) in [7, 11) is 0. The van der Waals surface area contributed by atoms with Gasteiger partial charge in [0.2, 0.25) is 6.71 Å². The Morgan fingerprint density at radius 2 is 0.903 bits per heavy atom. The smallest absolute Gasteiger partial charge is 0.0664 e. The minimum Gasteiger partial charge on any atom is -0.0664 e. The molecule has 160 valence electrons. The first kappa shape index (κ1) is 21.9. The molecule has 3 aromatic rings. The summed E-state index contributed by atoms with van der Waals surface area (Å²) in [4.78, 5) is 0. The molecular weight excluding hydrogens is 371 g/mol. The van der Waals surface area contributed by atoms with Crippen molar-refractivity contribution in [3.8, 4) is 11.1 Å². The van der Waals surface area contributed by atoms with E-state index in [0.29, 0.717) is 0 Å². The van der Waals surface area contributed by atoms with E-state index in [-0.39, 0.29) is 23.0 Å². The molecular formula is C30H37B. The van der Waals surface area contributed by atoms with Crippen molar-refractivity contribution in [2.75, 3.05) is 0 Å². The zero-order chi connectivity index (χ0) is 22.8. The van der Waals surface area contributed by atoms with Gasteiger partial charge < -0.3 is 0 Å². The standard InChI is InChI=1S/C30H37B/c1-28(2,3)20-18-23(29(4,5)6)27(24(19-20)30(7,8)9)31-25-16-12-10-14-21(25)22-15-11-13-17-26(22)31/h10-19H,1-9H3. The topological polar surface area (TPSA) is 0 Å². The Morgan fingerprint density at radius 1 is 0.516 bits per heavy atom. The molecule has 0 radical (unpaired) electrons. The highest BCUT2D eigenvalue weighted by Gasteiger charge is 2.40. The van der Waals surface area contributed by atoms with Crippen molar-refractivity contribution in [3.05, 3.63) is 77.4 Å². The van der Waals surface area contributed by atoms with Gasteiger partial charge in [-0.15, -0.1) is 0 Å². The molecule has 31 heavy (non-hydrogen) atoms. The molecule has 0 fully saturated rings. The van der Waals surface area contributed by atoms with Crippen LogP contribution in [0.5, 0.6) is 0 Å². The molecule has 0 spiro atoms. The molecule has 0 N–H and O–H groups in total. The van der Waals surface area contributed by atoms with Crippen LogP contribution >= 0.6 is 0 Å². The van der Waals surface area contributed by atoms with Gasteiger partial charge >= 0.3 is 0 Å². The Hall–Kier alpha value is -2.28. The summed E-state index contributed by atoms with van der Waals surface area (Å²) in [5.41, 5.74) is 11.8. The van der Waals surface area contributed by atoms with Gasteiger partial charge in [0.1, 0.15) is 0 Å². The summed E-state index contributed by atoms with van der Waals surface area (Å²) in [6, 6.07) is 23.1. The maximum atomic E-state index is 2.51. The lowest BCUT2D eigenvalue weighted by Crippen LogP contribution is -2.54. The molecule has 4 rings (SSSR count). The van der Waals surface area contributed by atoms with E-state index in [2.05, 4.69) is 123 Å². The molecule has 0 saturated carbocycles. The van der Waals surface area contributed by atoms with Gasteiger partial charge in [-0.2, -0.15) is 0 Å². The highest BCUT2D eigenvalue weighted by atomic mass is 14.3. The van der Waals surface area contributed by atoms with Crippen LogP contribution in [-0.4, -0.2) is 6.71 Å². The summed E-state index contributed by atoms with van der Waals surface area (Å²) in [5, 5.41) is 0. The maximum absolute atomic E-state index is 2.51. The number of rotatable bonds is 1. The number of fused-ring (bicyclic) bond motifs is 3. The lowest BCUT2D eigenvalue weighted by atomic mass is 9.36. The third-order valence-electron chi connectivity index (χ3n) is 6.78. The Bertz CT molecular complexity index is 1050. The van der Waals surface area contributed by atoms with Crippen LogP contribution in [0.25, 0.3) is 11.1 Å². The molecule has 0 unspecified atom stereocenters. The molecule has 0 amide bonds. The highest BCUT2D eigenvalue weighted by Crippen LogP contribution is 2.35. The van der Waals surface area contributed by atoms with Crippen molar-refractivity contribution < 1.29 is 0 Å². The number of benzene rings is 3. The summed E-state index contributed by atoms with van der Waals surface area (Å²) in [6.45, 7) is 21.5. The van der Waals surface area contributed by atoms with Gasteiger partial charge in [0.05, 0.1) is 0 Å². The van der Waals surface area contributed by atoms with Gasteiger partial charge in [-0.25, -0.2) is 0 Å². The molecule has 1 aliphatic heterocycles. The Kier molecular flexibility index (Phi) is 5.04. The summed E-state index contributed by atoms with van der Waals surface area (Å²) in [6.07, 6.45) is 0. The van der Waals surface area contributed by atoms with Gasteiger partial charge in [0, 0.05) is 0 Å². The molecule has 0 atom stereocenters. The van der Waals surface area contributed by atoms with Crippen LogP contribution in [-0.2, 0) is 16.2 Å². The van der Waals surface area contributed by atoms with Crippen molar-refractivity contribution in [1.29, 1.82) is 0 Å². The zero-order valence-corrected chi connectivity index (χ0v) is 20.9. The summed E-state index contributed by atoms with van der Waals surface area (Å²) in [5.74, 6) is 0. The van der Waals surface area contributed by atoms with Crippen molar-refractivity contribution >= 4 is 23.1 Å². The fourth-order valence-corrected chi connectivity index (χ4v) is 5.10. The van der Waals surface area contributed by atoms with Crippen molar-refractivity contribution in [2.45, 2.75) is 78.6 Å². The minimum absolute atomic E-state index is 0.0586. The van der Waals surface area contributed by atoms with Crippen LogP contribution in [0.1, 0.15) is 79.0 Å². The Balaban J connectivity index is 2.14. The van der Waals surface area contributed by atoms with Crippen molar-refractivity contribution in [1.82, 2.24) is 0 Å². The fraction of sp³-hybridized carbons (Fsp3) is 0.400. The van der Waals surface area contributed by atoms with Crippen molar-refractivity contribution in [2.24, 2.45) is 0 Å². The fourth-order valence-electron chi connectivity index (χ4n) is 5.10. The number of hydrogen-bond donors (Lipinski definition) is 0. The Labute approximate surface area is 190 Å². The molecule has 1 aliphatic rings. The van der Waals surface area contributed by atoms with Gasteiger partial charge in [-0.1, -0.05) is 139 Å². The van der Waals surface area contributed by atoms with Crippen LogP contribution in [0.2, 0.25) is 0 Å². The lowest BCUT2D eigenvalue weighted by Gasteiger charge is -2.35. The second-order valence-corrected chi connectivity index (χ2v) is 12.3. The van der Waals surface area contributed by atoms with Crippen LogP contribution in [0.4, 0.5) is 0 Å². The molecule has 0 nitrogen and oxygen atoms in total. The maximum Gasteiger partial charge on any atom is 0.243 e. The molecule has 1 heteroatoms. The molecule has 3 aromatic carbocycles. The minimum atomic E-state index is 0.0586. The third kappa shape index (κ3) is 3.77. The average Bonchev–Trinajstić information content (AvgIpc) is 2.99. The van der Waals surface area contributed by atoms with Gasteiger partial charge in [0.25, 0.3) is 0 Å². The average molecular weight is 408 g/mol. The van der Waals surface area contributed by atoms with E-state index in [9.17, 15) is 0 Å². The predicted octanol–water partition coefficient (Wildman–Crippen LogP) is 6.08. The first-order valence-electron chi connectivity index (χ1n) is 11.7. The second-order valence-electron chi connectivity index (χ2n) is 12.3. The van der Waals surface area contributed by atoms with Crippen LogP contribution in [0.15, 0.2) is 60.7 Å². The first-order valence-corrected chi connectivity index (χ1v) is 11.7. The van der Waals surface area contributed by atoms with E-state index >= 15 is 0 Å². The largest absolute Gasteiger partial charge is 0.243 e. The van der Waals surface area contributed by atoms with Gasteiger partial charge in [-0.05, 0) is 44.1 Å². The van der Waals surface area contributed by atoms with Crippen molar-refractivity contribution in [3.63, 3.8) is 0 Å².